The van der Waals surface area contributed by atoms with Crippen LogP contribution in [0.5, 0.6) is 5.75 Å². The van der Waals surface area contributed by atoms with Gasteiger partial charge in [0.05, 0.1) is 0 Å². The van der Waals surface area contributed by atoms with Gasteiger partial charge in [0.15, 0.2) is 0 Å². The number of rotatable bonds is 5. The fourth-order valence-electron chi connectivity index (χ4n) is 1.22. The lowest BCUT2D eigenvalue weighted by atomic mass is 10.3. The van der Waals surface area contributed by atoms with Gasteiger partial charge in [0.2, 0.25) is 0 Å². The fraction of sp³-hybridized carbons (Fsp3) is 0.417. The molecule has 1 amide bonds. The van der Waals surface area contributed by atoms with Gasteiger partial charge in [-0.05, 0) is 39.2 Å². The molecular weight excluding hydrogens is 204 g/mol. The van der Waals surface area contributed by atoms with Crippen LogP contribution in [0, 0.1) is 0 Å². The Bertz CT molecular complexity index is 312. The maximum absolute atomic E-state index is 11.3. The predicted octanol–water partition coefficient (Wildman–Crippen LogP) is 1.73. The molecule has 0 fully saturated rings. The molecule has 1 N–H and O–H groups in total. The summed E-state index contributed by atoms with van der Waals surface area (Å²) in [5, 5.41) is 2.70. The highest BCUT2D eigenvalue weighted by molar-refractivity contribution is 5.70. The van der Waals surface area contributed by atoms with Gasteiger partial charge in [-0.25, -0.2) is 4.79 Å². The summed E-state index contributed by atoms with van der Waals surface area (Å²) in [6.07, 6.45) is 0.515. The number of carbonyl (C=O) groups excluding carboxylic acids is 1. The SMILES string of the molecule is CN(C)CCCNC(=O)Oc1ccccc1. The summed E-state index contributed by atoms with van der Waals surface area (Å²) in [5.41, 5.74) is 0. The van der Waals surface area contributed by atoms with Crippen LogP contribution in [0.1, 0.15) is 6.42 Å². The van der Waals surface area contributed by atoms with Crippen LogP contribution < -0.4 is 10.1 Å². The largest absolute Gasteiger partial charge is 0.412 e. The summed E-state index contributed by atoms with van der Waals surface area (Å²) in [5.74, 6) is 0.563. The predicted molar refractivity (Wildman–Crippen MR) is 63.6 cm³/mol. The van der Waals surface area contributed by atoms with Crippen LogP contribution in [0.4, 0.5) is 4.79 Å². The van der Waals surface area contributed by atoms with E-state index in [2.05, 4.69) is 10.2 Å². The average Bonchev–Trinajstić information content (AvgIpc) is 2.25. The van der Waals surface area contributed by atoms with E-state index in [0.717, 1.165) is 13.0 Å². The Morgan fingerprint density at radius 2 is 2.00 bits per heavy atom. The second-order valence-corrected chi connectivity index (χ2v) is 3.79. The van der Waals surface area contributed by atoms with Gasteiger partial charge < -0.3 is 15.0 Å². The van der Waals surface area contributed by atoms with Crippen LogP contribution in [0.25, 0.3) is 0 Å². The number of nitrogens with one attached hydrogen (secondary N) is 1. The van der Waals surface area contributed by atoms with E-state index < -0.39 is 6.09 Å². The van der Waals surface area contributed by atoms with Gasteiger partial charge in [0, 0.05) is 6.54 Å². The third-order valence-electron chi connectivity index (χ3n) is 2.01. The van der Waals surface area contributed by atoms with E-state index in [1.165, 1.54) is 0 Å². The summed E-state index contributed by atoms with van der Waals surface area (Å²) in [7, 11) is 4.00. The van der Waals surface area contributed by atoms with Gasteiger partial charge in [-0.15, -0.1) is 0 Å². The number of para-hydroxylation sites is 1. The monoisotopic (exact) mass is 222 g/mol. The first-order chi connectivity index (χ1) is 7.68. The average molecular weight is 222 g/mol. The molecule has 0 bridgehead atoms. The summed E-state index contributed by atoms with van der Waals surface area (Å²) in [6.45, 7) is 1.58. The van der Waals surface area contributed by atoms with Crippen molar-refractivity contribution in [2.45, 2.75) is 6.42 Å². The molecule has 0 unspecified atom stereocenters. The topological polar surface area (TPSA) is 41.6 Å². The molecule has 4 nitrogen and oxygen atoms in total. The maximum Gasteiger partial charge on any atom is 0.412 e. The van der Waals surface area contributed by atoms with Crippen LogP contribution in [-0.4, -0.2) is 38.2 Å². The van der Waals surface area contributed by atoms with E-state index in [9.17, 15) is 4.79 Å². The zero-order valence-electron chi connectivity index (χ0n) is 9.77. The number of ether oxygens (including phenoxy) is 1. The Hall–Kier alpha value is -1.55. The number of benzene rings is 1. The summed E-state index contributed by atoms with van der Waals surface area (Å²) >= 11 is 0. The highest BCUT2D eigenvalue weighted by atomic mass is 16.5. The number of amides is 1. The minimum Gasteiger partial charge on any atom is -0.410 e. The van der Waals surface area contributed by atoms with E-state index in [4.69, 9.17) is 4.74 Å². The smallest absolute Gasteiger partial charge is 0.410 e. The van der Waals surface area contributed by atoms with Gasteiger partial charge in [-0.2, -0.15) is 0 Å². The number of carbonyl (C=O) groups is 1. The molecule has 0 saturated carbocycles. The molecule has 0 aliphatic carbocycles. The zero-order chi connectivity index (χ0) is 11.8. The van der Waals surface area contributed by atoms with Crippen molar-refractivity contribution in [1.82, 2.24) is 10.2 Å². The molecule has 0 spiro atoms. The Balaban J connectivity index is 2.17. The maximum atomic E-state index is 11.3. The zero-order valence-corrected chi connectivity index (χ0v) is 9.77. The van der Waals surface area contributed by atoms with E-state index >= 15 is 0 Å². The summed E-state index contributed by atoms with van der Waals surface area (Å²) < 4.78 is 5.06. The first kappa shape index (κ1) is 12.5. The second kappa shape index (κ2) is 6.85. The van der Waals surface area contributed by atoms with Crippen LogP contribution >= 0.6 is 0 Å². The van der Waals surface area contributed by atoms with Crippen molar-refractivity contribution < 1.29 is 9.53 Å². The van der Waals surface area contributed by atoms with Gasteiger partial charge in [-0.3, -0.25) is 0 Å². The van der Waals surface area contributed by atoms with Crippen molar-refractivity contribution in [2.24, 2.45) is 0 Å². The first-order valence-electron chi connectivity index (χ1n) is 5.34. The lowest BCUT2D eigenvalue weighted by Gasteiger charge is -2.09. The molecule has 1 aromatic carbocycles. The Morgan fingerprint density at radius 1 is 1.31 bits per heavy atom. The summed E-state index contributed by atoms with van der Waals surface area (Å²) in [6, 6.07) is 9.03. The molecule has 0 aliphatic rings. The Morgan fingerprint density at radius 3 is 2.62 bits per heavy atom. The molecule has 1 rings (SSSR count). The quantitative estimate of drug-likeness (QED) is 0.771. The lowest BCUT2D eigenvalue weighted by molar-refractivity contribution is 0.200. The highest BCUT2D eigenvalue weighted by Gasteiger charge is 2.02. The lowest BCUT2D eigenvalue weighted by Crippen LogP contribution is -2.29. The molecular formula is C12H18N2O2. The standard InChI is InChI=1S/C12H18N2O2/c1-14(2)10-6-9-13-12(15)16-11-7-4-3-5-8-11/h3-5,7-8H,6,9-10H2,1-2H3,(H,13,15). The normalized spacial score (nSPS) is 10.2. The van der Waals surface area contributed by atoms with Crippen molar-refractivity contribution in [1.29, 1.82) is 0 Å². The molecule has 0 atom stereocenters. The summed E-state index contributed by atoms with van der Waals surface area (Å²) in [4.78, 5) is 13.4. The third kappa shape index (κ3) is 5.36. The molecule has 0 aliphatic heterocycles. The first-order valence-corrected chi connectivity index (χ1v) is 5.34. The molecule has 4 heteroatoms. The minimum atomic E-state index is -0.398. The van der Waals surface area contributed by atoms with E-state index in [1.54, 1.807) is 12.1 Å². The van der Waals surface area contributed by atoms with E-state index in [0.29, 0.717) is 12.3 Å². The molecule has 0 radical (unpaired) electrons. The van der Waals surface area contributed by atoms with Crippen LogP contribution in [0.3, 0.4) is 0 Å². The van der Waals surface area contributed by atoms with Crippen molar-refractivity contribution in [3.05, 3.63) is 30.3 Å². The highest BCUT2D eigenvalue weighted by Crippen LogP contribution is 2.07. The fourth-order valence-corrected chi connectivity index (χ4v) is 1.22. The number of hydrogen-bond donors (Lipinski definition) is 1. The molecule has 0 saturated heterocycles. The van der Waals surface area contributed by atoms with Crippen molar-refractivity contribution in [2.75, 3.05) is 27.2 Å². The van der Waals surface area contributed by atoms with Gasteiger partial charge >= 0.3 is 6.09 Å². The van der Waals surface area contributed by atoms with Crippen molar-refractivity contribution >= 4 is 6.09 Å². The van der Waals surface area contributed by atoms with Crippen LogP contribution in [0.15, 0.2) is 30.3 Å². The molecule has 0 heterocycles. The number of hydrogen-bond acceptors (Lipinski definition) is 3. The van der Waals surface area contributed by atoms with Crippen molar-refractivity contribution in [3.63, 3.8) is 0 Å². The Labute approximate surface area is 96.2 Å². The number of nitrogens with zero attached hydrogens (tertiary/aromatic N) is 1. The Kier molecular flexibility index (Phi) is 5.36. The van der Waals surface area contributed by atoms with Crippen LogP contribution in [0.2, 0.25) is 0 Å². The van der Waals surface area contributed by atoms with E-state index in [-0.39, 0.29) is 0 Å². The molecule has 88 valence electrons. The third-order valence-corrected chi connectivity index (χ3v) is 2.01. The second-order valence-electron chi connectivity index (χ2n) is 3.79. The van der Waals surface area contributed by atoms with Gasteiger partial charge in [0.1, 0.15) is 5.75 Å². The van der Waals surface area contributed by atoms with Crippen molar-refractivity contribution in [3.8, 4) is 5.75 Å². The molecule has 16 heavy (non-hydrogen) atoms. The van der Waals surface area contributed by atoms with Crippen LogP contribution in [-0.2, 0) is 0 Å². The van der Waals surface area contributed by atoms with Gasteiger partial charge in [0.25, 0.3) is 0 Å². The van der Waals surface area contributed by atoms with Gasteiger partial charge in [-0.1, -0.05) is 18.2 Å². The van der Waals surface area contributed by atoms with E-state index in [1.807, 2.05) is 32.3 Å². The molecule has 0 aromatic heterocycles. The minimum absolute atomic E-state index is 0.398. The molecule has 1 aromatic rings.